The Kier molecular flexibility index (Phi) is 6.37. The maximum atomic E-state index is 10.7. The van der Waals surface area contributed by atoms with Crippen LogP contribution < -0.4 is 10.9 Å². The van der Waals surface area contributed by atoms with Crippen molar-refractivity contribution in [1.82, 2.24) is 10.9 Å². The summed E-state index contributed by atoms with van der Waals surface area (Å²) >= 11 is 0. The Morgan fingerprint density at radius 3 is 2.73 bits per heavy atom. The molecule has 0 unspecified atom stereocenters. The van der Waals surface area contributed by atoms with E-state index in [1.807, 2.05) is 0 Å². The van der Waals surface area contributed by atoms with E-state index in [1.54, 1.807) is 0 Å². The molecule has 64 valence electrons. The maximum absolute atomic E-state index is 10.7. The van der Waals surface area contributed by atoms with Crippen LogP contribution in [0.25, 0.3) is 0 Å². The van der Waals surface area contributed by atoms with E-state index >= 15 is 0 Å². The molecule has 0 fully saturated rings. The fraction of sp³-hybridized carbons (Fsp3) is 0.714. The minimum atomic E-state index is -0.134. The molecule has 0 aromatic rings. The lowest BCUT2D eigenvalue weighted by Gasteiger charge is -2.00. The van der Waals surface area contributed by atoms with Gasteiger partial charge in [0.2, 0.25) is 12.3 Å². The zero-order valence-electron chi connectivity index (χ0n) is 6.72. The second-order valence-corrected chi connectivity index (χ2v) is 2.27. The SMILES string of the molecule is CCCCCC(=O)NNC=O. The van der Waals surface area contributed by atoms with Crippen LogP contribution in [0.5, 0.6) is 0 Å². The van der Waals surface area contributed by atoms with Gasteiger partial charge in [-0.2, -0.15) is 0 Å². The molecule has 11 heavy (non-hydrogen) atoms. The third kappa shape index (κ3) is 6.83. The van der Waals surface area contributed by atoms with E-state index in [4.69, 9.17) is 0 Å². The number of hydrogen-bond acceptors (Lipinski definition) is 2. The minimum Gasteiger partial charge on any atom is -0.277 e. The van der Waals surface area contributed by atoms with Gasteiger partial charge in [-0.3, -0.25) is 20.4 Å². The highest BCUT2D eigenvalue weighted by atomic mass is 16.2. The average molecular weight is 158 g/mol. The summed E-state index contributed by atoms with van der Waals surface area (Å²) in [5.41, 5.74) is 4.33. The number of unbranched alkanes of at least 4 members (excludes halogenated alkanes) is 2. The van der Waals surface area contributed by atoms with Gasteiger partial charge in [0.25, 0.3) is 0 Å². The molecule has 0 aromatic heterocycles. The molecule has 0 heterocycles. The summed E-state index contributed by atoms with van der Waals surface area (Å²) in [6.45, 7) is 2.07. The Labute approximate surface area is 66.3 Å². The zero-order chi connectivity index (χ0) is 8.53. The number of amides is 2. The van der Waals surface area contributed by atoms with Gasteiger partial charge in [-0.15, -0.1) is 0 Å². The lowest BCUT2D eigenvalue weighted by Crippen LogP contribution is -2.35. The molecule has 0 radical (unpaired) electrons. The summed E-state index contributed by atoms with van der Waals surface area (Å²) in [6.07, 6.45) is 3.94. The molecular formula is C7H14N2O2. The quantitative estimate of drug-likeness (QED) is 0.333. The first-order valence-corrected chi connectivity index (χ1v) is 3.79. The van der Waals surface area contributed by atoms with Gasteiger partial charge in [-0.05, 0) is 6.42 Å². The van der Waals surface area contributed by atoms with E-state index in [1.165, 1.54) is 0 Å². The van der Waals surface area contributed by atoms with Crippen molar-refractivity contribution in [2.45, 2.75) is 32.6 Å². The van der Waals surface area contributed by atoms with Crippen LogP contribution in [-0.4, -0.2) is 12.3 Å². The highest BCUT2D eigenvalue weighted by molar-refractivity contribution is 5.76. The van der Waals surface area contributed by atoms with Crippen molar-refractivity contribution >= 4 is 12.3 Å². The summed E-state index contributed by atoms with van der Waals surface area (Å²) in [4.78, 5) is 20.5. The van der Waals surface area contributed by atoms with Crippen molar-refractivity contribution in [3.05, 3.63) is 0 Å². The lowest BCUT2D eigenvalue weighted by molar-refractivity contribution is -0.124. The predicted molar refractivity (Wildman–Crippen MR) is 41.5 cm³/mol. The molecule has 4 heteroatoms. The van der Waals surface area contributed by atoms with Gasteiger partial charge in [0.1, 0.15) is 0 Å². The van der Waals surface area contributed by atoms with Crippen LogP contribution in [0.4, 0.5) is 0 Å². The number of carbonyl (C=O) groups is 2. The molecule has 0 spiro atoms. The Balaban J connectivity index is 3.15. The highest BCUT2D eigenvalue weighted by Crippen LogP contribution is 1.97. The summed E-state index contributed by atoms with van der Waals surface area (Å²) in [5.74, 6) is -0.134. The van der Waals surface area contributed by atoms with Crippen molar-refractivity contribution in [3.63, 3.8) is 0 Å². The standard InChI is InChI=1S/C7H14N2O2/c1-2-3-4-5-7(11)9-8-6-10/h6H,2-5H2,1H3,(H,8,10)(H,9,11). The van der Waals surface area contributed by atoms with Crippen LogP contribution in [0, 0.1) is 0 Å². The number of hydrazine groups is 1. The first kappa shape index (κ1) is 9.94. The molecule has 4 nitrogen and oxygen atoms in total. The van der Waals surface area contributed by atoms with Crippen molar-refractivity contribution < 1.29 is 9.59 Å². The van der Waals surface area contributed by atoms with Crippen molar-refractivity contribution in [2.24, 2.45) is 0 Å². The van der Waals surface area contributed by atoms with Gasteiger partial charge in [0.05, 0.1) is 0 Å². The van der Waals surface area contributed by atoms with Crippen LogP contribution in [0.15, 0.2) is 0 Å². The van der Waals surface area contributed by atoms with Crippen LogP contribution in [-0.2, 0) is 9.59 Å². The predicted octanol–water partition coefficient (Wildman–Crippen LogP) is 0.344. The molecule has 0 aromatic carbocycles. The molecule has 0 aliphatic rings. The highest BCUT2D eigenvalue weighted by Gasteiger charge is 1.97. The molecule has 2 amide bonds. The molecule has 0 saturated carbocycles. The van der Waals surface area contributed by atoms with E-state index in [-0.39, 0.29) is 5.91 Å². The Hall–Kier alpha value is -1.06. The molecular weight excluding hydrogens is 144 g/mol. The first-order chi connectivity index (χ1) is 5.31. The second kappa shape index (κ2) is 7.05. The molecule has 0 aliphatic carbocycles. The normalized spacial score (nSPS) is 8.82. The Morgan fingerprint density at radius 1 is 1.45 bits per heavy atom. The van der Waals surface area contributed by atoms with Gasteiger partial charge in [0, 0.05) is 6.42 Å². The lowest BCUT2D eigenvalue weighted by atomic mass is 10.2. The van der Waals surface area contributed by atoms with E-state index in [9.17, 15) is 9.59 Å². The monoisotopic (exact) mass is 158 g/mol. The molecule has 0 bridgehead atoms. The number of nitrogens with one attached hydrogen (secondary N) is 2. The summed E-state index contributed by atoms with van der Waals surface area (Å²) in [6, 6.07) is 0. The maximum Gasteiger partial charge on any atom is 0.238 e. The van der Waals surface area contributed by atoms with Crippen LogP contribution in [0.3, 0.4) is 0 Å². The number of rotatable bonds is 6. The molecule has 0 saturated heterocycles. The number of carbonyl (C=O) groups excluding carboxylic acids is 2. The first-order valence-electron chi connectivity index (χ1n) is 3.79. The van der Waals surface area contributed by atoms with Crippen LogP contribution in [0.1, 0.15) is 32.6 Å². The topological polar surface area (TPSA) is 58.2 Å². The molecule has 0 atom stereocenters. The fourth-order valence-corrected chi connectivity index (χ4v) is 0.708. The zero-order valence-corrected chi connectivity index (χ0v) is 6.72. The number of hydrogen-bond donors (Lipinski definition) is 2. The summed E-state index contributed by atoms with van der Waals surface area (Å²) in [5, 5.41) is 0. The molecule has 0 rings (SSSR count). The van der Waals surface area contributed by atoms with Gasteiger partial charge in [0.15, 0.2) is 0 Å². The van der Waals surface area contributed by atoms with Crippen molar-refractivity contribution in [3.8, 4) is 0 Å². The summed E-state index contributed by atoms with van der Waals surface area (Å²) < 4.78 is 0. The fourth-order valence-electron chi connectivity index (χ4n) is 0.708. The largest absolute Gasteiger partial charge is 0.277 e. The third-order valence-corrected chi connectivity index (χ3v) is 1.28. The van der Waals surface area contributed by atoms with E-state index in [0.717, 1.165) is 19.3 Å². The average Bonchev–Trinajstić information content (AvgIpc) is 2.01. The second-order valence-electron chi connectivity index (χ2n) is 2.27. The minimum absolute atomic E-state index is 0.134. The van der Waals surface area contributed by atoms with E-state index < -0.39 is 0 Å². The third-order valence-electron chi connectivity index (χ3n) is 1.28. The molecule has 2 N–H and O–H groups in total. The smallest absolute Gasteiger partial charge is 0.238 e. The van der Waals surface area contributed by atoms with E-state index in [0.29, 0.717) is 12.8 Å². The van der Waals surface area contributed by atoms with Crippen LogP contribution in [0.2, 0.25) is 0 Å². The Bertz CT molecular complexity index is 126. The molecule has 0 aliphatic heterocycles. The van der Waals surface area contributed by atoms with Crippen LogP contribution >= 0.6 is 0 Å². The van der Waals surface area contributed by atoms with Crippen molar-refractivity contribution in [1.29, 1.82) is 0 Å². The van der Waals surface area contributed by atoms with E-state index in [2.05, 4.69) is 17.8 Å². The van der Waals surface area contributed by atoms with Gasteiger partial charge in [-0.25, -0.2) is 0 Å². The van der Waals surface area contributed by atoms with Crippen molar-refractivity contribution in [2.75, 3.05) is 0 Å². The van der Waals surface area contributed by atoms with Gasteiger partial charge >= 0.3 is 0 Å². The Morgan fingerprint density at radius 2 is 2.18 bits per heavy atom. The van der Waals surface area contributed by atoms with Gasteiger partial charge in [-0.1, -0.05) is 19.8 Å². The summed E-state index contributed by atoms with van der Waals surface area (Å²) in [7, 11) is 0. The van der Waals surface area contributed by atoms with Gasteiger partial charge < -0.3 is 0 Å².